The second-order valence-corrected chi connectivity index (χ2v) is 22.4. The van der Waals surface area contributed by atoms with Crippen LogP contribution in [-0.4, -0.2) is 107 Å². The Morgan fingerprint density at radius 2 is 1.74 bits per heavy atom. The van der Waals surface area contributed by atoms with E-state index in [1.807, 2.05) is 55.8 Å². The number of pyridine rings is 2. The van der Waals surface area contributed by atoms with E-state index in [2.05, 4.69) is 46.2 Å². The number of carbonyl (C=O) groups is 2. The van der Waals surface area contributed by atoms with Crippen LogP contribution in [0.3, 0.4) is 0 Å². The lowest BCUT2D eigenvalue weighted by atomic mass is 10.1. The zero-order valence-corrected chi connectivity index (χ0v) is 33.5. The predicted octanol–water partition coefficient (Wildman–Crippen LogP) is 7.38. The average Bonchev–Trinajstić information content (AvgIpc) is 3.49. The van der Waals surface area contributed by atoms with Crippen LogP contribution in [0.5, 0.6) is 0 Å². The summed E-state index contributed by atoms with van der Waals surface area (Å²) in [6.07, 6.45) is 9.62. The summed E-state index contributed by atoms with van der Waals surface area (Å²) in [5, 5.41) is 7.87. The van der Waals surface area contributed by atoms with Crippen molar-refractivity contribution in [2.45, 2.75) is 103 Å². The van der Waals surface area contributed by atoms with Crippen LogP contribution in [0.15, 0.2) is 42.7 Å². The van der Waals surface area contributed by atoms with Gasteiger partial charge in [0.2, 0.25) is 5.82 Å². The molecule has 2 N–H and O–H groups in total. The molecule has 2 aliphatic heterocycles. The number of anilines is 1. The average molecular weight is 743 g/mol. The van der Waals surface area contributed by atoms with Gasteiger partial charge in [0.25, 0.3) is 5.91 Å². The van der Waals surface area contributed by atoms with E-state index in [-0.39, 0.29) is 24.8 Å². The highest BCUT2D eigenvalue weighted by atomic mass is 28.3. The predicted molar refractivity (Wildman–Crippen MR) is 214 cm³/mol. The van der Waals surface area contributed by atoms with Crippen LogP contribution in [-0.2, 0) is 16.2 Å². The van der Waals surface area contributed by atoms with Crippen molar-refractivity contribution in [1.82, 2.24) is 34.6 Å². The van der Waals surface area contributed by atoms with E-state index in [0.717, 1.165) is 58.9 Å². The van der Waals surface area contributed by atoms with Crippen molar-refractivity contribution in [3.63, 3.8) is 0 Å². The third kappa shape index (κ3) is 10.5. The molecule has 3 aromatic heterocycles. The maximum absolute atomic E-state index is 13.9. The fourth-order valence-electron chi connectivity index (χ4n) is 6.98. The van der Waals surface area contributed by atoms with Gasteiger partial charge in [-0.3, -0.25) is 14.3 Å². The van der Waals surface area contributed by atoms with Crippen LogP contribution >= 0.6 is 0 Å². The lowest BCUT2D eigenvalue weighted by Gasteiger charge is -2.33. The molecule has 286 valence electrons. The molecular weight excluding hydrogens is 685 g/mol. The maximum atomic E-state index is 13.9. The fraction of sp³-hybridized carbons (Fsp3) is 0.575. The van der Waals surface area contributed by atoms with Gasteiger partial charge in [0.1, 0.15) is 12.3 Å². The third-order valence-corrected chi connectivity index (χ3v) is 11.7. The Hall–Kier alpha value is -4.07. The number of imidazole rings is 1. The van der Waals surface area contributed by atoms with Crippen LogP contribution in [0.2, 0.25) is 25.7 Å². The number of likely N-dealkylation sites (tertiary alicyclic amines) is 2. The highest BCUT2D eigenvalue weighted by Gasteiger charge is 2.29. The Bertz CT molecular complexity index is 1870. The van der Waals surface area contributed by atoms with Crippen LogP contribution in [0, 0.1) is 0 Å². The molecular formula is C40H58N8O4Si. The topological polar surface area (TPSA) is 127 Å². The number of ether oxygens (including phenoxy) is 2. The largest absolute Gasteiger partial charge is 0.444 e. The molecule has 0 unspecified atom stereocenters. The third-order valence-electron chi connectivity index (χ3n) is 9.97. The van der Waals surface area contributed by atoms with Crippen molar-refractivity contribution in [2.75, 3.05) is 51.2 Å². The van der Waals surface area contributed by atoms with Crippen LogP contribution in [0.25, 0.3) is 33.2 Å². The number of carbonyl (C=O) groups excluding carboxylic acids is 2. The minimum absolute atomic E-state index is 0.0834. The van der Waals surface area contributed by atoms with Gasteiger partial charge < -0.3 is 29.9 Å². The smallest absolute Gasteiger partial charge is 0.410 e. The van der Waals surface area contributed by atoms with Gasteiger partial charge in [0, 0.05) is 69.4 Å². The first-order valence-electron chi connectivity index (χ1n) is 19.4. The molecule has 1 aromatic carbocycles. The molecule has 13 heteroatoms. The lowest BCUT2D eigenvalue weighted by Crippen LogP contribution is -2.48. The Labute approximate surface area is 315 Å². The Morgan fingerprint density at radius 3 is 2.47 bits per heavy atom. The van der Waals surface area contributed by atoms with E-state index in [1.165, 1.54) is 32.4 Å². The van der Waals surface area contributed by atoms with Gasteiger partial charge in [0.15, 0.2) is 0 Å². The molecule has 2 fully saturated rings. The number of benzene rings is 1. The first kappa shape index (κ1) is 38.6. The van der Waals surface area contributed by atoms with Gasteiger partial charge >= 0.3 is 6.09 Å². The summed E-state index contributed by atoms with van der Waals surface area (Å²) in [5.41, 5.74) is 4.60. The molecule has 0 atom stereocenters. The van der Waals surface area contributed by atoms with Gasteiger partial charge in [-0.1, -0.05) is 32.1 Å². The van der Waals surface area contributed by atoms with Gasteiger partial charge in [-0.05, 0) is 103 Å². The Morgan fingerprint density at radius 1 is 0.962 bits per heavy atom. The second kappa shape index (κ2) is 16.9. The molecule has 0 radical (unpaired) electrons. The van der Waals surface area contributed by atoms with Gasteiger partial charge in [-0.15, -0.1) is 0 Å². The number of hydrogen-bond donors (Lipinski definition) is 2. The zero-order valence-electron chi connectivity index (χ0n) is 32.5. The van der Waals surface area contributed by atoms with Crippen molar-refractivity contribution >= 4 is 47.7 Å². The van der Waals surface area contributed by atoms with Crippen molar-refractivity contribution in [3.05, 3.63) is 48.5 Å². The molecule has 2 saturated heterocycles. The molecule has 12 nitrogen and oxygen atoms in total. The number of rotatable bonds is 13. The molecule has 0 bridgehead atoms. The number of hydrogen-bond acceptors (Lipinski definition) is 9. The molecule has 6 rings (SSSR count). The Kier molecular flexibility index (Phi) is 12.4. The number of amides is 2. The molecule has 2 aliphatic rings. The maximum Gasteiger partial charge on any atom is 0.410 e. The summed E-state index contributed by atoms with van der Waals surface area (Å²) in [6.45, 7) is 18.8. The first-order valence-corrected chi connectivity index (χ1v) is 23.1. The van der Waals surface area contributed by atoms with Gasteiger partial charge in [-0.25, -0.2) is 14.8 Å². The fourth-order valence-corrected chi connectivity index (χ4v) is 7.74. The Balaban J connectivity index is 1.21. The molecule has 0 aliphatic carbocycles. The summed E-state index contributed by atoms with van der Waals surface area (Å²) < 4.78 is 13.6. The number of aromatic nitrogens is 4. The van der Waals surface area contributed by atoms with Crippen LogP contribution in [0.4, 0.5) is 10.5 Å². The summed E-state index contributed by atoms with van der Waals surface area (Å²) in [6, 6.07) is 11.1. The van der Waals surface area contributed by atoms with Crippen molar-refractivity contribution in [1.29, 1.82) is 0 Å². The van der Waals surface area contributed by atoms with E-state index in [0.29, 0.717) is 43.9 Å². The van der Waals surface area contributed by atoms with E-state index in [9.17, 15) is 9.59 Å². The highest BCUT2D eigenvalue weighted by Crippen LogP contribution is 2.30. The van der Waals surface area contributed by atoms with Crippen molar-refractivity contribution in [3.8, 4) is 11.3 Å². The SMILES string of the molecule is CC(C)(C)OC(=O)N1CCC(NC(=O)c2nc3cc(-c4cc(NCCCN5CCCCC5)c5cnccc5n4)ccc3n2COCC[Si](C)(C)C)CC1. The molecule has 4 aromatic rings. The monoisotopic (exact) mass is 742 g/mol. The minimum atomic E-state index is -1.30. The number of fused-ring (bicyclic) bond motifs is 2. The molecule has 0 spiro atoms. The van der Waals surface area contributed by atoms with Gasteiger partial charge in [-0.2, -0.15) is 0 Å². The van der Waals surface area contributed by atoms with Gasteiger partial charge in [0.05, 0.1) is 22.2 Å². The summed E-state index contributed by atoms with van der Waals surface area (Å²) in [4.78, 5) is 45.1. The van der Waals surface area contributed by atoms with E-state index < -0.39 is 13.7 Å². The summed E-state index contributed by atoms with van der Waals surface area (Å²) >= 11 is 0. The van der Waals surface area contributed by atoms with Crippen molar-refractivity contribution in [2.24, 2.45) is 0 Å². The lowest BCUT2D eigenvalue weighted by molar-refractivity contribution is 0.0199. The standard InChI is InChI=1S/C40H58N8O4Si/c1-40(2,3)52-39(50)47-21-14-30(15-22-47)43-38(49)37-45-35-25-29(11-12-36(35)48(37)28-51-23-24-53(4,5)6)33-26-34(31-27-41-17-13-32(31)44-33)42-16-10-20-46-18-8-7-9-19-46/h11-13,17,25-27,30H,7-10,14-16,18-24,28H2,1-6H3,(H,42,44)(H,43,49). The second-order valence-electron chi connectivity index (χ2n) is 16.8. The molecule has 2 amide bonds. The summed E-state index contributed by atoms with van der Waals surface area (Å²) in [7, 11) is -1.30. The van der Waals surface area contributed by atoms with E-state index in [4.69, 9.17) is 19.4 Å². The number of nitrogens with one attached hydrogen (secondary N) is 2. The summed E-state index contributed by atoms with van der Waals surface area (Å²) in [5.74, 6) is 0.0629. The molecule has 0 saturated carbocycles. The van der Waals surface area contributed by atoms with Crippen molar-refractivity contribution < 1.29 is 19.1 Å². The highest BCUT2D eigenvalue weighted by molar-refractivity contribution is 6.76. The first-order chi connectivity index (χ1) is 25.3. The van der Waals surface area contributed by atoms with E-state index in [1.54, 1.807) is 11.1 Å². The molecule has 53 heavy (non-hydrogen) atoms. The molecule has 5 heterocycles. The number of piperidine rings is 2. The van der Waals surface area contributed by atoms with Crippen LogP contribution in [0.1, 0.15) is 69.9 Å². The normalized spacial score (nSPS) is 16.3. The van der Waals surface area contributed by atoms with E-state index >= 15 is 0 Å². The zero-order chi connectivity index (χ0) is 37.6. The minimum Gasteiger partial charge on any atom is -0.444 e. The van der Waals surface area contributed by atoms with Crippen LogP contribution < -0.4 is 10.6 Å². The number of nitrogens with zero attached hydrogens (tertiary/aromatic N) is 6. The quantitative estimate of drug-likeness (QED) is 0.107.